The topological polar surface area (TPSA) is 93.6 Å². The van der Waals surface area contributed by atoms with Crippen LogP contribution in [0.25, 0.3) is 0 Å². The fourth-order valence-corrected chi connectivity index (χ4v) is 1.77. The highest BCUT2D eigenvalue weighted by molar-refractivity contribution is 7.99. The molecule has 0 fully saturated rings. The monoisotopic (exact) mass is 228 g/mol. The average molecular weight is 228 g/mol. The number of oxime groups is 1. The van der Waals surface area contributed by atoms with Crippen LogP contribution < -0.4 is 5.73 Å². The Hall–Kier alpha value is -1.34. The molecule has 0 saturated carbocycles. The van der Waals surface area contributed by atoms with E-state index in [2.05, 4.69) is 15.4 Å². The Labute approximate surface area is 91.5 Å². The summed E-state index contributed by atoms with van der Waals surface area (Å²) in [7, 11) is 1.63. The molecule has 0 bridgehead atoms. The number of thioether (sulfide) groups is 1. The van der Waals surface area contributed by atoms with Gasteiger partial charge in [0.2, 0.25) is 0 Å². The van der Waals surface area contributed by atoms with Crippen LogP contribution in [-0.2, 0) is 4.74 Å². The Morgan fingerprint density at radius 1 is 1.73 bits per heavy atom. The molecule has 1 aromatic heterocycles. The van der Waals surface area contributed by atoms with Crippen molar-refractivity contribution in [3.8, 4) is 0 Å². The van der Waals surface area contributed by atoms with E-state index in [1.165, 1.54) is 18.0 Å². The maximum Gasteiger partial charge on any atom is 0.172 e. The van der Waals surface area contributed by atoms with E-state index < -0.39 is 0 Å². The van der Waals surface area contributed by atoms with Crippen LogP contribution in [0.4, 0.5) is 0 Å². The number of hydrogen-bond acceptors (Lipinski definition) is 6. The zero-order chi connectivity index (χ0) is 11.1. The number of nitrogens with two attached hydrogens (primary N) is 1. The van der Waals surface area contributed by atoms with E-state index in [1.807, 2.05) is 0 Å². The molecule has 15 heavy (non-hydrogen) atoms. The number of aromatic nitrogens is 2. The van der Waals surface area contributed by atoms with E-state index in [4.69, 9.17) is 15.7 Å². The lowest BCUT2D eigenvalue weighted by Gasteiger charge is -2.04. The van der Waals surface area contributed by atoms with Crippen molar-refractivity contribution >= 4 is 17.6 Å². The van der Waals surface area contributed by atoms with Crippen molar-refractivity contribution in [3.63, 3.8) is 0 Å². The molecule has 82 valence electrons. The SMILES string of the molecule is COCCSc1nnccc1/C(N)=N/O. The third-order valence-electron chi connectivity index (χ3n) is 1.60. The van der Waals surface area contributed by atoms with Crippen LogP contribution in [0.5, 0.6) is 0 Å². The summed E-state index contributed by atoms with van der Waals surface area (Å²) in [4.78, 5) is 0. The van der Waals surface area contributed by atoms with E-state index >= 15 is 0 Å². The zero-order valence-electron chi connectivity index (χ0n) is 8.25. The van der Waals surface area contributed by atoms with Crippen LogP contribution in [0.2, 0.25) is 0 Å². The lowest BCUT2D eigenvalue weighted by atomic mass is 10.3. The van der Waals surface area contributed by atoms with E-state index in [9.17, 15) is 0 Å². The molecule has 0 spiro atoms. The van der Waals surface area contributed by atoms with Crippen LogP contribution in [0.1, 0.15) is 5.56 Å². The summed E-state index contributed by atoms with van der Waals surface area (Å²) < 4.78 is 4.91. The smallest absolute Gasteiger partial charge is 0.172 e. The van der Waals surface area contributed by atoms with Gasteiger partial charge < -0.3 is 15.7 Å². The Morgan fingerprint density at radius 3 is 3.20 bits per heavy atom. The van der Waals surface area contributed by atoms with Gasteiger partial charge in [-0.2, -0.15) is 5.10 Å². The molecular formula is C8H12N4O2S. The van der Waals surface area contributed by atoms with Crippen molar-refractivity contribution in [2.75, 3.05) is 19.5 Å². The summed E-state index contributed by atoms with van der Waals surface area (Å²) in [6.45, 7) is 0.608. The molecule has 0 aliphatic rings. The second kappa shape index (κ2) is 6.20. The van der Waals surface area contributed by atoms with Crippen molar-refractivity contribution < 1.29 is 9.94 Å². The summed E-state index contributed by atoms with van der Waals surface area (Å²) >= 11 is 1.44. The minimum absolute atomic E-state index is 0.0322. The molecule has 7 heteroatoms. The first-order valence-electron chi connectivity index (χ1n) is 4.21. The fourth-order valence-electron chi connectivity index (χ4n) is 0.896. The summed E-state index contributed by atoms with van der Waals surface area (Å²) in [5.74, 6) is 0.769. The maximum absolute atomic E-state index is 8.57. The number of hydrogen-bond donors (Lipinski definition) is 2. The molecule has 0 amide bonds. The average Bonchev–Trinajstić information content (AvgIpc) is 2.29. The number of nitrogens with zero attached hydrogens (tertiary/aromatic N) is 3. The van der Waals surface area contributed by atoms with Gasteiger partial charge in [0.1, 0.15) is 5.03 Å². The number of methoxy groups -OCH3 is 1. The molecular weight excluding hydrogens is 216 g/mol. The van der Waals surface area contributed by atoms with E-state index in [0.29, 0.717) is 17.2 Å². The predicted octanol–water partition coefficient (Wildman–Crippen LogP) is 0.310. The molecule has 0 saturated heterocycles. The predicted molar refractivity (Wildman–Crippen MR) is 57.1 cm³/mol. The second-order valence-corrected chi connectivity index (χ2v) is 3.66. The van der Waals surface area contributed by atoms with Gasteiger partial charge in [0.25, 0.3) is 0 Å². The number of ether oxygens (including phenoxy) is 1. The van der Waals surface area contributed by atoms with Crippen LogP contribution >= 0.6 is 11.8 Å². The minimum atomic E-state index is 0.0322. The Morgan fingerprint density at radius 2 is 2.53 bits per heavy atom. The first kappa shape index (κ1) is 11.7. The molecule has 0 aromatic carbocycles. The van der Waals surface area contributed by atoms with Crippen LogP contribution in [0.3, 0.4) is 0 Å². The normalized spacial score (nSPS) is 11.7. The van der Waals surface area contributed by atoms with Crippen LogP contribution in [-0.4, -0.2) is 40.7 Å². The largest absolute Gasteiger partial charge is 0.409 e. The van der Waals surface area contributed by atoms with Crippen molar-refractivity contribution in [2.45, 2.75) is 5.03 Å². The fraction of sp³-hybridized carbons (Fsp3) is 0.375. The van der Waals surface area contributed by atoms with Gasteiger partial charge >= 0.3 is 0 Å². The zero-order valence-corrected chi connectivity index (χ0v) is 9.07. The van der Waals surface area contributed by atoms with Gasteiger partial charge in [-0.1, -0.05) is 5.16 Å². The van der Waals surface area contributed by atoms with Gasteiger partial charge in [0.15, 0.2) is 5.84 Å². The highest BCUT2D eigenvalue weighted by Crippen LogP contribution is 2.18. The standard InChI is InChI=1S/C8H12N4O2S/c1-14-4-5-15-8-6(7(9)12-13)2-3-10-11-8/h2-3,13H,4-5H2,1H3,(H2,9,12). The van der Waals surface area contributed by atoms with Crippen molar-refractivity contribution in [1.29, 1.82) is 0 Å². The number of rotatable bonds is 5. The van der Waals surface area contributed by atoms with Gasteiger partial charge in [0.05, 0.1) is 18.4 Å². The molecule has 0 unspecified atom stereocenters. The second-order valence-electron chi connectivity index (χ2n) is 2.58. The molecule has 0 radical (unpaired) electrons. The third-order valence-corrected chi connectivity index (χ3v) is 2.54. The third kappa shape index (κ3) is 3.37. The molecule has 6 nitrogen and oxygen atoms in total. The lowest BCUT2D eigenvalue weighted by molar-refractivity contribution is 0.218. The Kier molecular flexibility index (Phi) is 4.85. The van der Waals surface area contributed by atoms with Gasteiger partial charge in [-0.05, 0) is 6.07 Å². The first-order chi connectivity index (χ1) is 7.29. The summed E-state index contributed by atoms with van der Waals surface area (Å²) in [6.07, 6.45) is 1.49. The molecule has 3 N–H and O–H groups in total. The van der Waals surface area contributed by atoms with E-state index in [1.54, 1.807) is 13.2 Å². The van der Waals surface area contributed by atoms with Gasteiger partial charge in [-0.15, -0.1) is 16.9 Å². The molecule has 0 atom stereocenters. The molecule has 1 rings (SSSR count). The quantitative estimate of drug-likeness (QED) is 0.188. The highest BCUT2D eigenvalue weighted by atomic mass is 32.2. The summed E-state index contributed by atoms with van der Waals surface area (Å²) in [5.41, 5.74) is 6.06. The summed E-state index contributed by atoms with van der Waals surface area (Å²) in [6, 6.07) is 1.65. The van der Waals surface area contributed by atoms with Gasteiger partial charge in [-0.25, -0.2) is 0 Å². The van der Waals surface area contributed by atoms with E-state index in [0.717, 1.165) is 5.75 Å². The number of amidine groups is 1. The van der Waals surface area contributed by atoms with Gasteiger partial charge in [0, 0.05) is 12.9 Å². The summed E-state index contributed by atoms with van der Waals surface area (Å²) in [5, 5.41) is 19.8. The Balaban J connectivity index is 2.77. The van der Waals surface area contributed by atoms with Gasteiger partial charge in [-0.3, -0.25) is 0 Å². The minimum Gasteiger partial charge on any atom is -0.409 e. The van der Waals surface area contributed by atoms with Crippen LogP contribution in [0.15, 0.2) is 22.4 Å². The first-order valence-corrected chi connectivity index (χ1v) is 5.19. The van der Waals surface area contributed by atoms with Crippen molar-refractivity contribution in [3.05, 3.63) is 17.8 Å². The molecule has 0 aliphatic heterocycles. The lowest BCUT2D eigenvalue weighted by Crippen LogP contribution is -2.15. The molecule has 1 heterocycles. The van der Waals surface area contributed by atoms with E-state index in [-0.39, 0.29) is 5.84 Å². The molecule has 1 aromatic rings. The van der Waals surface area contributed by atoms with Crippen molar-refractivity contribution in [2.24, 2.45) is 10.9 Å². The van der Waals surface area contributed by atoms with Crippen molar-refractivity contribution in [1.82, 2.24) is 10.2 Å². The molecule has 0 aliphatic carbocycles. The highest BCUT2D eigenvalue weighted by Gasteiger charge is 2.08. The maximum atomic E-state index is 8.57. The van der Waals surface area contributed by atoms with Crippen LogP contribution in [0, 0.1) is 0 Å². The Bertz CT molecular complexity index is 345.